The van der Waals surface area contributed by atoms with Gasteiger partial charge in [-0.1, -0.05) is 67.1 Å². The maximum absolute atomic E-state index is 12.5. The van der Waals surface area contributed by atoms with Crippen LogP contribution in [0.2, 0.25) is 0 Å². The van der Waals surface area contributed by atoms with Gasteiger partial charge in [0.25, 0.3) is 0 Å². The van der Waals surface area contributed by atoms with E-state index in [2.05, 4.69) is 17.4 Å². The molecule has 0 aliphatic rings. The number of carboxylic acid groups (broad SMARTS) is 1. The number of unbranched alkanes of at least 4 members (excludes halogenated alkanes) is 1. The molecule has 3 aromatic carbocycles. The minimum Gasteiger partial charge on any atom is -0.497 e. The summed E-state index contributed by atoms with van der Waals surface area (Å²) in [6.45, 7) is 0.0758. The summed E-state index contributed by atoms with van der Waals surface area (Å²) >= 11 is 1.44. The quantitative estimate of drug-likeness (QED) is 0.226. The van der Waals surface area contributed by atoms with E-state index in [0.717, 1.165) is 35.5 Å². The van der Waals surface area contributed by atoms with Crippen LogP contribution in [-0.4, -0.2) is 35.6 Å². The number of hydrogen-bond donors (Lipinski definition) is 2. The minimum absolute atomic E-state index is 0.0758. The Bertz CT molecular complexity index is 1040. The van der Waals surface area contributed by atoms with Crippen LogP contribution in [0.25, 0.3) is 0 Å². The number of methoxy groups -OCH3 is 1. The van der Waals surface area contributed by atoms with Crippen LogP contribution in [-0.2, 0) is 22.6 Å². The normalized spacial score (nSPS) is 12.4. The van der Waals surface area contributed by atoms with Crippen molar-refractivity contribution in [1.82, 2.24) is 5.32 Å². The van der Waals surface area contributed by atoms with Crippen molar-refractivity contribution in [1.29, 1.82) is 0 Å². The van der Waals surface area contributed by atoms with E-state index in [-0.39, 0.29) is 11.9 Å². The number of thioether (sulfide) groups is 1. The highest BCUT2D eigenvalue weighted by Gasteiger charge is 2.31. The molecule has 0 aliphatic carbocycles. The lowest BCUT2D eigenvalue weighted by Gasteiger charge is -2.24. The highest BCUT2D eigenvalue weighted by molar-refractivity contribution is 8.00. The van der Waals surface area contributed by atoms with E-state index in [9.17, 15) is 14.7 Å². The molecule has 0 spiro atoms. The van der Waals surface area contributed by atoms with E-state index in [1.807, 2.05) is 72.8 Å². The highest BCUT2D eigenvalue weighted by Crippen LogP contribution is 2.31. The number of aryl methyl sites for hydroxylation is 1. The summed E-state index contributed by atoms with van der Waals surface area (Å²) in [6, 6.07) is 25.9. The van der Waals surface area contributed by atoms with Crippen molar-refractivity contribution in [2.45, 2.75) is 48.5 Å². The van der Waals surface area contributed by atoms with Crippen LogP contribution in [0.15, 0.2) is 89.8 Å². The first-order chi connectivity index (χ1) is 17.0. The van der Waals surface area contributed by atoms with Crippen LogP contribution >= 0.6 is 11.8 Å². The van der Waals surface area contributed by atoms with Gasteiger partial charge in [-0.05, 0) is 54.7 Å². The van der Waals surface area contributed by atoms with Crippen molar-refractivity contribution in [3.8, 4) is 5.75 Å². The Morgan fingerprint density at radius 1 is 0.886 bits per heavy atom. The van der Waals surface area contributed by atoms with E-state index >= 15 is 0 Å². The maximum atomic E-state index is 12.5. The van der Waals surface area contributed by atoms with Crippen LogP contribution in [0.4, 0.5) is 4.79 Å². The maximum Gasteiger partial charge on any atom is 0.408 e. The number of ether oxygens (including phenoxy) is 2. The van der Waals surface area contributed by atoms with Gasteiger partial charge in [0.1, 0.15) is 18.4 Å². The fourth-order valence-corrected chi connectivity index (χ4v) is 4.90. The van der Waals surface area contributed by atoms with E-state index in [0.29, 0.717) is 6.42 Å². The van der Waals surface area contributed by atoms with Gasteiger partial charge in [0.15, 0.2) is 0 Å². The second kappa shape index (κ2) is 14.1. The fraction of sp³-hybridized carbons (Fsp3) is 0.286. The Kier molecular flexibility index (Phi) is 10.5. The van der Waals surface area contributed by atoms with Crippen molar-refractivity contribution in [2.75, 3.05) is 7.11 Å². The summed E-state index contributed by atoms with van der Waals surface area (Å²) < 4.78 is 10.5. The van der Waals surface area contributed by atoms with Crippen molar-refractivity contribution < 1.29 is 24.2 Å². The highest BCUT2D eigenvalue weighted by atomic mass is 32.2. The zero-order valence-corrected chi connectivity index (χ0v) is 20.6. The van der Waals surface area contributed by atoms with Crippen molar-refractivity contribution in [3.63, 3.8) is 0 Å². The molecule has 3 rings (SSSR count). The summed E-state index contributed by atoms with van der Waals surface area (Å²) in [6.07, 6.45) is 2.55. The van der Waals surface area contributed by atoms with Crippen LogP contribution in [0.3, 0.4) is 0 Å². The summed E-state index contributed by atoms with van der Waals surface area (Å²) in [5.74, 6) is -0.359. The van der Waals surface area contributed by atoms with E-state index in [4.69, 9.17) is 9.47 Å². The molecule has 0 unspecified atom stereocenters. The molecule has 6 nitrogen and oxygen atoms in total. The van der Waals surface area contributed by atoms with E-state index in [1.54, 1.807) is 7.11 Å². The molecule has 0 heterocycles. The Morgan fingerprint density at radius 3 is 2.11 bits per heavy atom. The largest absolute Gasteiger partial charge is 0.497 e. The molecular formula is C28H31NO5S. The van der Waals surface area contributed by atoms with Crippen LogP contribution in [0, 0.1) is 0 Å². The molecule has 0 aromatic heterocycles. The second-order valence-corrected chi connectivity index (χ2v) is 9.40. The number of rotatable bonds is 13. The van der Waals surface area contributed by atoms with Gasteiger partial charge in [-0.25, -0.2) is 9.59 Å². The predicted octanol–water partition coefficient (Wildman–Crippen LogP) is 5.95. The number of carboxylic acids is 1. The summed E-state index contributed by atoms with van der Waals surface area (Å²) in [7, 11) is 1.60. The van der Waals surface area contributed by atoms with Gasteiger partial charge in [-0.3, -0.25) is 0 Å². The first-order valence-electron chi connectivity index (χ1n) is 11.6. The third-order valence-electron chi connectivity index (χ3n) is 5.52. The molecule has 1 amide bonds. The van der Waals surface area contributed by atoms with Gasteiger partial charge in [0, 0.05) is 10.1 Å². The third-order valence-corrected chi connectivity index (χ3v) is 6.87. The zero-order valence-electron chi connectivity index (χ0n) is 19.8. The monoisotopic (exact) mass is 493 g/mol. The molecule has 0 bridgehead atoms. The van der Waals surface area contributed by atoms with Gasteiger partial charge < -0.3 is 19.9 Å². The smallest absolute Gasteiger partial charge is 0.408 e. The number of amides is 1. The van der Waals surface area contributed by atoms with Gasteiger partial charge >= 0.3 is 12.1 Å². The fourth-order valence-electron chi connectivity index (χ4n) is 3.65. The molecule has 0 fully saturated rings. The van der Waals surface area contributed by atoms with Crippen LogP contribution in [0.5, 0.6) is 5.75 Å². The number of carbonyl (C=O) groups is 2. The summed E-state index contributed by atoms with van der Waals surface area (Å²) in [5.41, 5.74) is 2.09. The van der Waals surface area contributed by atoms with Crippen molar-refractivity contribution in [3.05, 3.63) is 96.1 Å². The number of hydrogen-bond acceptors (Lipinski definition) is 5. The second-order valence-electron chi connectivity index (χ2n) is 8.09. The lowest BCUT2D eigenvalue weighted by Crippen LogP contribution is -2.47. The minimum atomic E-state index is -1.10. The molecule has 7 heteroatoms. The van der Waals surface area contributed by atoms with Gasteiger partial charge in [-0.2, -0.15) is 0 Å². The van der Waals surface area contributed by atoms with Gasteiger partial charge in [-0.15, -0.1) is 11.8 Å². The standard InChI is InChI=1S/C28H31NO5S/c1-33-23-16-18-24(19-17-23)35-25(15-9-8-12-21-10-4-2-5-11-21)26(27(30)31)29-28(32)34-20-22-13-6-3-7-14-22/h2-7,10-11,13-14,16-19,25-26H,8-9,12,15,20H2,1H3,(H,29,32)(H,30,31)/t25-,26+/m1/s1. The Balaban J connectivity index is 1.64. The first kappa shape index (κ1) is 26.2. The number of aliphatic carboxylic acids is 1. The molecule has 0 saturated carbocycles. The molecule has 0 saturated heterocycles. The van der Waals surface area contributed by atoms with E-state index < -0.39 is 18.1 Å². The third kappa shape index (κ3) is 9.02. The molecule has 2 N–H and O–H groups in total. The number of carbonyl (C=O) groups excluding carboxylic acids is 1. The number of benzene rings is 3. The molecule has 3 aromatic rings. The summed E-state index contributed by atoms with van der Waals surface area (Å²) in [5, 5.41) is 12.2. The Hall–Kier alpha value is -3.45. The lowest BCUT2D eigenvalue weighted by molar-refractivity contribution is -0.139. The molecular weight excluding hydrogens is 462 g/mol. The number of alkyl carbamates (subject to hydrolysis) is 1. The Morgan fingerprint density at radius 2 is 1.51 bits per heavy atom. The zero-order chi connectivity index (χ0) is 24.9. The lowest BCUT2D eigenvalue weighted by atomic mass is 10.0. The molecule has 35 heavy (non-hydrogen) atoms. The van der Waals surface area contributed by atoms with Crippen LogP contribution < -0.4 is 10.1 Å². The molecule has 0 radical (unpaired) electrons. The average Bonchev–Trinajstić information content (AvgIpc) is 2.89. The van der Waals surface area contributed by atoms with E-state index in [1.165, 1.54) is 17.3 Å². The van der Waals surface area contributed by atoms with Gasteiger partial charge in [0.05, 0.1) is 7.11 Å². The van der Waals surface area contributed by atoms with Crippen molar-refractivity contribution in [2.24, 2.45) is 0 Å². The van der Waals surface area contributed by atoms with Crippen LogP contribution in [0.1, 0.15) is 30.4 Å². The topological polar surface area (TPSA) is 84.9 Å². The van der Waals surface area contributed by atoms with Crippen molar-refractivity contribution >= 4 is 23.8 Å². The molecule has 0 aliphatic heterocycles. The summed E-state index contributed by atoms with van der Waals surface area (Å²) in [4.78, 5) is 25.6. The average molecular weight is 494 g/mol. The first-order valence-corrected chi connectivity index (χ1v) is 12.5. The predicted molar refractivity (Wildman–Crippen MR) is 138 cm³/mol. The number of nitrogens with one attached hydrogen (secondary N) is 1. The Labute approximate surface area is 210 Å². The SMILES string of the molecule is COc1ccc(S[C@H](CCCCc2ccccc2)[C@H](NC(=O)OCc2ccccc2)C(=O)O)cc1. The molecule has 184 valence electrons. The van der Waals surface area contributed by atoms with Gasteiger partial charge in [0.2, 0.25) is 0 Å². The molecule has 2 atom stereocenters.